The van der Waals surface area contributed by atoms with Crippen LogP contribution in [0.2, 0.25) is 0 Å². The molecule has 0 aliphatic carbocycles. The van der Waals surface area contributed by atoms with Gasteiger partial charge in [0, 0.05) is 37.1 Å². The summed E-state index contributed by atoms with van der Waals surface area (Å²) in [6, 6.07) is 9.79. The van der Waals surface area contributed by atoms with Crippen molar-refractivity contribution in [3.63, 3.8) is 0 Å². The minimum Gasteiger partial charge on any atom is -0.443 e. The third-order valence-electron chi connectivity index (χ3n) is 5.66. The average molecular weight is 561 g/mol. The lowest BCUT2D eigenvalue weighted by Crippen LogP contribution is -2.34. The molecule has 40 heavy (non-hydrogen) atoms. The van der Waals surface area contributed by atoms with Crippen LogP contribution in [0.3, 0.4) is 0 Å². The van der Waals surface area contributed by atoms with E-state index in [1.807, 2.05) is 0 Å². The number of rotatable bonds is 6. The number of alkyl halides is 3. The summed E-state index contributed by atoms with van der Waals surface area (Å²) < 4.78 is 46.3. The smallest absolute Gasteiger partial charge is 0.416 e. The largest absolute Gasteiger partial charge is 0.443 e. The SMILES string of the molecule is CC(NC(=O)c1ccc(=O)n(-c2cccc(N(C)C(=O)OC(C)(C)C)c2)c1)c1cc([N+](=O)[O-])cc(C(F)(F)F)c1. The van der Waals surface area contributed by atoms with E-state index in [-0.39, 0.29) is 11.1 Å². The van der Waals surface area contributed by atoms with E-state index >= 15 is 0 Å². The fourth-order valence-corrected chi connectivity index (χ4v) is 3.63. The second kappa shape index (κ2) is 11.2. The minimum atomic E-state index is -4.83. The molecule has 212 valence electrons. The number of benzene rings is 2. The van der Waals surface area contributed by atoms with E-state index in [2.05, 4.69) is 5.32 Å². The van der Waals surface area contributed by atoms with Gasteiger partial charge in [0.1, 0.15) is 5.60 Å². The van der Waals surface area contributed by atoms with E-state index in [1.165, 1.54) is 41.8 Å². The van der Waals surface area contributed by atoms with Crippen molar-refractivity contribution in [2.75, 3.05) is 11.9 Å². The van der Waals surface area contributed by atoms with Gasteiger partial charge in [0.05, 0.1) is 27.8 Å². The molecule has 0 spiro atoms. The van der Waals surface area contributed by atoms with Crippen molar-refractivity contribution in [1.82, 2.24) is 9.88 Å². The number of nitro benzene ring substituents is 1. The molecule has 0 saturated carbocycles. The molecule has 1 aromatic heterocycles. The number of hydrogen-bond donors (Lipinski definition) is 1. The topological polar surface area (TPSA) is 124 Å². The molecule has 1 unspecified atom stereocenters. The number of non-ortho nitro benzene ring substituents is 1. The summed E-state index contributed by atoms with van der Waals surface area (Å²) in [6.07, 6.45) is -4.20. The molecule has 2 amide bonds. The van der Waals surface area contributed by atoms with E-state index in [0.717, 1.165) is 18.2 Å². The van der Waals surface area contributed by atoms with Gasteiger partial charge in [0.15, 0.2) is 0 Å². The number of nitrogens with one attached hydrogen (secondary N) is 1. The lowest BCUT2D eigenvalue weighted by molar-refractivity contribution is -0.385. The molecule has 1 N–H and O–H groups in total. The molecule has 0 fully saturated rings. The normalized spacial score (nSPS) is 12.4. The highest BCUT2D eigenvalue weighted by Crippen LogP contribution is 2.34. The molecule has 0 bridgehead atoms. The Hall–Kier alpha value is -4.68. The Morgan fingerprint density at radius 2 is 1.75 bits per heavy atom. The molecular formula is C27H27F3N4O6. The molecule has 3 aromatic rings. The first-order chi connectivity index (χ1) is 18.5. The summed E-state index contributed by atoms with van der Waals surface area (Å²) in [5.41, 5.74) is -2.59. The van der Waals surface area contributed by atoms with Gasteiger partial charge in [-0.2, -0.15) is 13.2 Å². The molecule has 0 radical (unpaired) electrons. The molecule has 0 saturated heterocycles. The Morgan fingerprint density at radius 3 is 2.35 bits per heavy atom. The maximum absolute atomic E-state index is 13.3. The quantitative estimate of drug-likeness (QED) is 0.308. The summed E-state index contributed by atoms with van der Waals surface area (Å²) in [4.78, 5) is 49.5. The Morgan fingerprint density at radius 1 is 1.07 bits per heavy atom. The number of anilines is 1. The zero-order valence-corrected chi connectivity index (χ0v) is 22.3. The van der Waals surface area contributed by atoms with Gasteiger partial charge < -0.3 is 10.1 Å². The van der Waals surface area contributed by atoms with Crippen LogP contribution >= 0.6 is 0 Å². The minimum absolute atomic E-state index is 0.00109. The lowest BCUT2D eigenvalue weighted by Gasteiger charge is -2.25. The Labute approximate surface area is 227 Å². The van der Waals surface area contributed by atoms with Crippen LogP contribution in [0, 0.1) is 10.1 Å². The number of carbonyl (C=O) groups is 2. The molecule has 10 nitrogen and oxygen atoms in total. The maximum Gasteiger partial charge on any atom is 0.416 e. The fraction of sp³-hybridized carbons (Fsp3) is 0.296. The van der Waals surface area contributed by atoms with Gasteiger partial charge in [0.25, 0.3) is 17.2 Å². The van der Waals surface area contributed by atoms with Crippen molar-refractivity contribution in [3.05, 3.63) is 98.0 Å². The molecule has 1 atom stereocenters. The second-order valence-electron chi connectivity index (χ2n) is 9.95. The number of aromatic nitrogens is 1. The number of ether oxygens (including phenoxy) is 1. The van der Waals surface area contributed by atoms with E-state index in [4.69, 9.17) is 4.74 Å². The highest BCUT2D eigenvalue weighted by atomic mass is 19.4. The number of nitro groups is 1. The first-order valence-corrected chi connectivity index (χ1v) is 11.9. The molecular weight excluding hydrogens is 533 g/mol. The molecule has 0 aliphatic rings. The highest BCUT2D eigenvalue weighted by molar-refractivity contribution is 5.94. The highest BCUT2D eigenvalue weighted by Gasteiger charge is 2.33. The number of halogens is 3. The van der Waals surface area contributed by atoms with Gasteiger partial charge in [0.2, 0.25) is 0 Å². The second-order valence-corrected chi connectivity index (χ2v) is 9.95. The predicted octanol–water partition coefficient (Wildman–Crippen LogP) is 5.63. The van der Waals surface area contributed by atoms with Crippen LogP contribution in [-0.2, 0) is 10.9 Å². The number of nitrogens with zero attached hydrogens (tertiary/aromatic N) is 3. The van der Waals surface area contributed by atoms with Gasteiger partial charge in [-0.05, 0) is 63.6 Å². The number of hydrogen-bond acceptors (Lipinski definition) is 6. The van der Waals surface area contributed by atoms with Crippen LogP contribution in [0.15, 0.2) is 65.6 Å². The van der Waals surface area contributed by atoms with Crippen LogP contribution < -0.4 is 15.8 Å². The van der Waals surface area contributed by atoms with E-state index in [0.29, 0.717) is 17.4 Å². The Bertz CT molecular complexity index is 1510. The fourth-order valence-electron chi connectivity index (χ4n) is 3.63. The van der Waals surface area contributed by atoms with Gasteiger partial charge in [-0.15, -0.1) is 0 Å². The Balaban J connectivity index is 1.89. The van der Waals surface area contributed by atoms with Crippen molar-refractivity contribution in [1.29, 1.82) is 0 Å². The third kappa shape index (κ3) is 7.24. The van der Waals surface area contributed by atoms with E-state index in [9.17, 15) is 37.7 Å². The summed E-state index contributed by atoms with van der Waals surface area (Å²) >= 11 is 0. The zero-order chi connectivity index (χ0) is 30.0. The summed E-state index contributed by atoms with van der Waals surface area (Å²) in [5, 5.41) is 13.7. The molecule has 0 aliphatic heterocycles. The number of amides is 2. The van der Waals surface area contributed by atoms with Crippen LogP contribution in [-0.4, -0.2) is 34.1 Å². The van der Waals surface area contributed by atoms with Crippen molar-refractivity contribution >= 4 is 23.4 Å². The third-order valence-corrected chi connectivity index (χ3v) is 5.66. The monoisotopic (exact) mass is 560 g/mol. The Kier molecular flexibility index (Phi) is 8.37. The maximum atomic E-state index is 13.3. The number of pyridine rings is 1. The van der Waals surface area contributed by atoms with Crippen LogP contribution in [0.5, 0.6) is 0 Å². The zero-order valence-electron chi connectivity index (χ0n) is 22.3. The molecule has 1 heterocycles. The summed E-state index contributed by atoms with van der Waals surface area (Å²) in [7, 11) is 1.50. The number of carbonyl (C=O) groups excluding carboxylic acids is 2. The van der Waals surface area contributed by atoms with Crippen LogP contribution in [0.4, 0.5) is 29.3 Å². The lowest BCUT2D eigenvalue weighted by atomic mass is 10.0. The van der Waals surface area contributed by atoms with Gasteiger partial charge in [-0.25, -0.2) is 4.79 Å². The van der Waals surface area contributed by atoms with E-state index in [1.54, 1.807) is 39.0 Å². The predicted molar refractivity (Wildman–Crippen MR) is 141 cm³/mol. The van der Waals surface area contributed by atoms with Crippen molar-refractivity contribution in [2.45, 2.75) is 45.5 Å². The van der Waals surface area contributed by atoms with Crippen molar-refractivity contribution < 1.29 is 32.4 Å². The molecule has 2 aromatic carbocycles. The van der Waals surface area contributed by atoms with Gasteiger partial charge in [-0.1, -0.05) is 6.07 Å². The van der Waals surface area contributed by atoms with Gasteiger partial charge >= 0.3 is 12.3 Å². The first kappa shape index (κ1) is 29.9. The standard InChI is InChI=1S/C27H27F3N4O6/c1-16(18-11-19(27(28,29)30)13-22(12-18)34(38)39)31-24(36)17-9-10-23(35)33(15-17)21-8-6-7-20(14-21)32(5)25(37)40-26(2,3)4/h6-16H,1-5H3,(H,31,36). The van der Waals surface area contributed by atoms with Crippen molar-refractivity contribution in [3.8, 4) is 5.69 Å². The molecule has 13 heteroatoms. The van der Waals surface area contributed by atoms with Crippen molar-refractivity contribution in [2.24, 2.45) is 0 Å². The van der Waals surface area contributed by atoms with Gasteiger partial charge in [-0.3, -0.25) is 29.2 Å². The first-order valence-electron chi connectivity index (χ1n) is 11.9. The summed E-state index contributed by atoms with van der Waals surface area (Å²) in [6.45, 7) is 6.55. The van der Waals surface area contributed by atoms with Crippen LogP contribution in [0.25, 0.3) is 5.69 Å². The van der Waals surface area contributed by atoms with E-state index < -0.39 is 51.6 Å². The summed E-state index contributed by atoms with van der Waals surface area (Å²) in [5.74, 6) is -0.733. The van der Waals surface area contributed by atoms with Crippen LogP contribution in [0.1, 0.15) is 55.2 Å². The molecule has 3 rings (SSSR count). The average Bonchev–Trinajstić information content (AvgIpc) is 2.86.